The molecule has 74 valence electrons. The molecule has 1 nitrogen and oxygen atoms in total. The van der Waals surface area contributed by atoms with E-state index in [-0.39, 0.29) is 5.38 Å². The molecule has 0 fully saturated rings. The lowest BCUT2D eigenvalue weighted by molar-refractivity contribution is 0.181. The van der Waals surface area contributed by atoms with E-state index in [0.29, 0.717) is 11.8 Å². The highest BCUT2D eigenvalue weighted by molar-refractivity contribution is 6.20. The first kappa shape index (κ1) is 12.2. The molecule has 0 aromatic rings. The highest BCUT2D eigenvalue weighted by Crippen LogP contribution is 2.24. The molecule has 0 rings (SSSR count). The Morgan fingerprint density at radius 2 is 1.83 bits per heavy atom. The topological polar surface area (TPSA) is 9.23 Å². The van der Waals surface area contributed by atoms with Crippen LogP contribution in [0.4, 0.5) is 0 Å². The number of hydrogen-bond acceptors (Lipinski definition) is 1. The minimum atomic E-state index is 0.279. The van der Waals surface area contributed by atoms with Gasteiger partial charge in [-0.05, 0) is 31.6 Å². The predicted molar refractivity (Wildman–Crippen MR) is 54.8 cm³/mol. The number of rotatable bonds is 6. The van der Waals surface area contributed by atoms with E-state index in [2.05, 4.69) is 20.8 Å². The van der Waals surface area contributed by atoms with E-state index in [0.717, 1.165) is 13.0 Å². The van der Waals surface area contributed by atoms with E-state index in [9.17, 15) is 0 Å². The van der Waals surface area contributed by atoms with Gasteiger partial charge in [0, 0.05) is 19.1 Å². The van der Waals surface area contributed by atoms with Crippen molar-refractivity contribution in [2.24, 2.45) is 11.8 Å². The molecule has 0 N–H and O–H groups in total. The molecule has 0 aromatic heterocycles. The van der Waals surface area contributed by atoms with Gasteiger partial charge in [0.05, 0.1) is 0 Å². The minimum Gasteiger partial charge on any atom is -0.385 e. The van der Waals surface area contributed by atoms with Gasteiger partial charge in [-0.3, -0.25) is 0 Å². The molecule has 0 amide bonds. The maximum atomic E-state index is 6.08. The minimum absolute atomic E-state index is 0.279. The first-order valence-electron chi connectivity index (χ1n) is 4.72. The SMILES string of the molecule is COCCCC(C(C)C)C(C)Cl. The highest BCUT2D eigenvalue weighted by Gasteiger charge is 2.17. The fourth-order valence-electron chi connectivity index (χ4n) is 1.56. The molecule has 0 aliphatic rings. The summed E-state index contributed by atoms with van der Waals surface area (Å²) in [5.41, 5.74) is 0. The van der Waals surface area contributed by atoms with Gasteiger partial charge < -0.3 is 4.74 Å². The molecule has 0 bridgehead atoms. The second kappa shape index (κ2) is 6.73. The molecule has 2 atom stereocenters. The smallest absolute Gasteiger partial charge is 0.0462 e. The van der Waals surface area contributed by atoms with Crippen LogP contribution in [-0.4, -0.2) is 19.1 Å². The van der Waals surface area contributed by atoms with Crippen LogP contribution in [0.25, 0.3) is 0 Å². The number of alkyl halides is 1. The predicted octanol–water partition coefficient (Wildman–Crippen LogP) is 3.31. The Hall–Kier alpha value is 0.250. The quantitative estimate of drug-likeness (QED) is 0.464. The van der Waals surface area contributed by atoms with Gasteiger partial charge in [0.25, 0.3) is 0 Å². The molecule has 0 radical (unpaired) electrons. The van der Waals surface area contributed by atoms with Crippen LogP contribution in [0.1, 0.15) is 33.6 Å². The largest absolute Gasteiger partial charge is 0.385 e. The third-order valence-corrected chi connectivity index (χ3v) is 2.66. The van der Waals surface area contributed by atoms with Crippen molar-refractivity contribution in [1.29, 1.82) is 0 Å². The van der Waals surface area contributed by atoms with Crippen molar-refractivity contribution < 1.29 is 4.74 Å². The standard InChI is InChI=1S/C10H21ClO/c1-8(2)10(9(3)11)6-5-7-12-4/h8-10H,5-7H2,1-4H3. The fraction of sp³-hybridized carbons (Fsp3) is 1.00. The summed E-state index contributed by atoms with van der Waals surface area (Å²) in [6.07, 6.45) is 2.30. The van der Waals surface area contributed by atoms with Gasteiger partial charge in [-0.1, -0.05) is 13.8 Å². The van der Waals surface area contributed by atoms with Gasteiger partial charge in [0.1, 0.15) is 0 Å². The molecule has 2 heteroatoms. The van der Waals surface area contributed by atoms with E-state index in [1.54, 1.807) is 7.11 Å². The molecule has 0 aliphatic carbocycles. The van der Waals surface area contributed by atoms with E-state index in [1.807, 2.05) is 0 Å². The Bertz CT molecular complexity index is 94.0. The van der Waals surface area contributed by atoms with Crippen molar-refractivity contribution in [3.8, 4) is 0 Å². The molecular formula is C10H21ClO. The lowest BCUT2D eigenvalue weighted by Gasteiger charge is -2.22. The van der Waals surface area contributed by atoms with Gasteiger partial charge in [-0.2, -0.15) is 0 Å². The molecule has 12 heavy (non-hydrogen) atoms. The van der Waals surface area contributed by atoms with Crippen LogP contribution < -0.4 is 0 Å². The highest BCUT2D eigenvalue weighted by atomic mass is 35.5. The Kier molecular flexibility index (Phi) is 6.87. The molecular weight excluding hydrogens is 172 g/mol. The van der Waals surface area contributed by atoms with Gasteiger partial charge in [-0.15, -0.1) is 11.6 Å². The van der Waals surface area contributed by atoms with Crippen molar-refractivity contribution in [2.75, 3.05) is 13.7 Å². The summed E-state index contributed by atoms with van der Waals surface area (Å²) in [7, 11) is 1.74. The zero-order valence-corrected chi connectivity index (χ0v) is 9.40. The summed E-state index contributed by atoms with van der Waals surface area (Å²) in [5, 5.41) is 0.279. The van der Waals surface area contributed by atoms with Crippen LogP contribution >= 0.6 is 11.6 Å². The van der Waals surface area contributed by atoms with E-state index in [4.69, 9.17) is 16.3 Å². The first-order chi connectivity index (χ1) is 5.59. The maximum absolute atomic E-state index is 6.08. The van der Waals surface area contributed by atoms with Crippen LogP contribution in [-0.2, 0) is 4.74 Å². The van der Waals surface area contributed by atoms with Gasteiger partial charge >= 0.3 is 0 Å². The molecule has 2 unspecified atom stereocenters. The van der Waals surface area contributed by atoms with Gasteiger partial charge in [0.15, 0.2) is 0 Å². The third-order valence-electron chi connectivity index (χ3n) is 2.33. The number of hydrogen-bond donors (Lipinski definition) is 0. The van der Waals surface area contributed by atoms with Crippen LogP contribution in [0.5, 0.6) is 0 Å². The molecule has 0 aliphatic heterocycles. The van der Waals surface area contributed by atoms with Gasteiger partial charge in [-0.25, -0.2) is 0 Å². The lowest BCUT2D eigenvalue weighted by Crippen LogP contribution is -2.18. The van der Waals surface area contributed by atoms with Crippen LogP contribution in [0.15, 0.2) is 0 Å². The van der Waals surface area contributed by atoms with Gasteiger partial charge in [0.2, 0.25) is 0 Å². The summed E-state index contributed by atoms with van der Waals surface area (Å²) in [6.45, 7) is 7.40. The maximum Gasteiger partial charge on any atom is 0.0462 e. The Morgan fingerprint density at radius 1 is 1.25 bits per heavy atom. The van der Waals surface area contributed by atoms with E-state index in [1.165, 1.54) is 6.42 Å². The first-order valence-corrected chi connectivity index (χ1v) is 5.16. The number of ether oxygens (including phenoxy) is 1. The Morgan fingerprint density at radius 3 is 2.17 bits per heavy atom. The average molecular weight is 193 g/mol. The molecule has 0 aromatic carbocycles. The van der Waals surface area contributed by atoms with Crippen molar-refractivity contribution >= 4 is 11.6 Å². The monoisotopic (exact) mass is 192 g/mol. The van der Waals surface area contributed by atoms with Crippen molar-refractivity contribution in [2.45, 2.75) is 39.0 Å². The lowest BCUT2D eigenvalue weighted by atomic mass is 9.89. The summed E-state index contributed by atoms with van der Waals surface area (Å²) in [4.78, 5) is 0. The zero-order valence-electron chi connectivity index (χ0n) is 8.64. The molecule has 0 saturated carbocycles. The van der Waals surface area contributed by atoms with Crippen molar-refractivity contribution in [1.82, 2.24) is 0 Å². The average Bonchev–Trinajstić information content (AvgIpc) is 1.96. The second-order valence-electron chi connectivity index (χ2n) is 3.72. The Labute approximate surface area is 81.4 Å². The van der Waals surface area contributed by atoms with Crippen LogP contribution in [0.3, 0.4) is 0 Å². The molecule has 0 saturated heterocycles. The number of methoxy groups -OCH3 is 1. The fourth-order valence-corrected chi connectivity index (χ4v) is 1.97. The zero-order chi connectivity index (χ0) is 9.56. The van der Waals surface area contributed by atoms with E-state index >= 15 is 0 Å². The van der Waals surface area contributed by atoms with Crippen molar-refractivity contribution in [3.63, 3.8) is 0 Å². The summed E-state index contributed by atoms with van der Waals surface area (Å²) in [6, 6.07) is 0. The second-order valence-corrected chi connectivity index (χ2v) is 4.41. The molecule has 0 heterocycles. The third kappa shape index (κ3) is 5.00. The molecule has 0 spiro atoms. The summed E-state index contributed by atoms with van der Waals surface area (Å²) in [5.74, 6) is 1.30. The summed E-state index contributed by atoms with van der Waals surface area (Å²) < 4.78 is 5.01. The summed E-state index contributed by atoms with van der Waals surface area (Å²) >= 11 is 6.08. The Balaban J connectivity index is 3.64. The van der Waals surface area contributed by atoms with Crippen LogP contribution in [0.2, 0.25) is 0 Å². The number of halogens is 1. The van der Waals surface area contributed by atoms with Crippen molar-refractivity contribution in [3.05, 3.63) is 0 Å². The normalized spacial score (nSPS) is 16.5. The van der Waals surface area contributed by atoms with Crippen LogP contribution in [0, 0.1) is 11.8 Å². The van der Waals surface area contributed by atoms with E-state index < -0.39 is 0 Å².